The van der Waals surface area contributed by atoms with E-state index in [0.717, 1.165) is 0 Å². The predicted molar refractivity (Wildman–Crippen MR) is 63.3 cm³/mol. The Morgan fingerprint density at radius 1 is 1.71 bits per heavy atom. The van der Waals surface area contributed by atoms with Crippen molar-refractivity contribution in [1.82, 2.24) is 4.98 Å². The van der Waals surface area contributed by atoms with Crippen LogP contribution >= 0.6 is 12.6 Å². The number of aliphatic hydroxyl groups excluding tert-OH is 1. The van der Waals surface area contributed by atoms with Gasteiger partial charge >= 0.3 is 5.97 Å². The van der Waals surface area contributed by atoms with Gasteiger partial charge in [0, 0.05) is 12.3 Å². The zero-order valence-electron chi connectivity index (χ0n) is 9.08. The second kappa shape index (κ2) is 5.60. The van der Waals surface area contributed by atoms with Gasteiger partial charge in [0.05, 0.1) is 16.6 Å². The van der Waals surface area contributed by atoms with Gasteiger partial charge in [-0.1, -0.05) is 6.58 Å². The number of thiol groups is 1. The van der Waals surface area contributed by atoms with Crippen molar-refractivity contribution in [2.24, 2.45) is 0 Å². The van der Waals surface area contributed by atoms with Gasteiger partial charge < -0.3 is 9.84 Å². The van der Waals surface area contributed by atoms with E-state index >= 15 is 0 Å². The monoisotopic (exact) mass is 253 g/mol. The Bertz CT molecular complexity index is 471. The molecule has 1 aromatic heterocycles. The van der Waals surface area contributed by atoms with Gasteiger partial charge in [0.25, 0.3) is 0 Å². The van der Waals surface area contributed by atoms with E-state index in [2.05, 4.69) is 24.2 Å². The molecular formula is C11H11NO4S. The minimum atomic E-state index is -1.00. The summed E-state index contributed by atoms with van der Waals surface area (Å²) in [6.45, 7) is 4.79. The Balaban J connectivity index is 2.93. The fourth-order valence-electron chi connectivity index (χ4n) is 0.956. The molecule has 1 N–H and O–H groups in total. The van der Waals surface area contributed by atoms with E-state index in [1.54, 1.807) is 0 Å². The number of hydrogen-bond acceptors (Lipinski definition) is 6. The van der Waals surface area contributed by atoms with Gasteiger partial charge in [0.1, 0.15) is 11.4 Å². The lowest BCUT2D eigenvalue weighted by Gasteiger charge is -2.10. The number of aliphatic hydroxyl groups is 1. The van der Waals surface area contributed by atoms with Gasteiger partial charge in [-0.2, -0.15) is 0 Å². The zero-order chi connectivity index (χ0) is 13.0. The second-order valence-electron chi connectivity index (χ2n) is 3.25. The number of ether oxygens (including phenoxy) is 1. The number of rotatable bonds is 4. The number of aromatic nitrogens is 1. The highest BCUT2D eigenvalue weighted by atomic mass is 32.1. The molecule has 0 bridgehead atoms. The maximum atomic E-state index is 11.5. The predicted octanol–water partition coefficient (Wildman–Crippen LogP) is 1.03. The van der Waals surface area contributed by atoms with Crippen LogP contribution in [-0.2, 0) is 4.79 Å². The van der Waals surface area contributed by atoms with E-state index < -0.39 is 12.1 Å². The molecule has 0 aliphatic heterocycles. The van der Waals surface area contributed by atoms with Crippen LogP contribution in [0.2, 0.25) is 0 Å². The molecule has 0 aliphatic rings. The largest absolute Gasteiger partial charge is 0.422 e. The first-order valence-electron chi connectivity index (χ1n) is 4.69. The smallest absolute Gasteiger partial charge is 0.341 e. The molecule has 0 aromatic carbocycles. The molecule has 0 amide bonds. The van der Waals surface area contributed by atoms with Crippen LogP contribution in [0.1, 0.15) is 17.4 Å². The average molecular weight is 253 g/mol. The summed E-state index contributed by atoms with van der Waals surface area (Å²) in [7, 11) is 0. The Morgan fingerprint density at radius 2 is 2.35 bits per heavy atom. The zero-order valence-corrected chi connectivity index (χ0v) is 9.98. The Hall–Kier alpha value is -1.66. The summed E-state index contributed by atoms with van der Waals surface area (Å²) in [4.78, 5) is 26.0. The summed E-state index contributed by atoms with van der Waals surface area (Å²) < 4.78 is 4.94. The molecular weight excluding hydrogens is 242 g/mol. The van der Waals surface area contributed by atoms with Gasteiger partial charge in [-0.3, -0.25) is 9.78 Å². The van der Waals surface area contributed by atoms with Gasteiger partial charge in [-0.15, -0.1) is 12.6 Å². The van der Waals surface area contributed by atoms with E-state index in [9.17, 15) is 9.59 Å². The molecule has 0 fully saturated rings. The average Bonchev–Trinajstić information content (AvgIpc) is 2.30. The van der Waals surface area contributed by atoms with Crippen molar-refractivity contribution < 1.29 is 19.4 Å². The number of carbonyl (C=O) groups is 2. The van der Waals surface area contributed by atoms with Gasteiger partial charge in [-0.25, -0.2) is 4.79 Å². The van der Waals surface area contributed by atoms with Crippen LogP contribution in [-0.4, -0.2) is 28.4 Å². The van der Waals surface area contributed by atoms with E-state index in [0.29, 0.717) is 6.29 Å². The highest BCUT2D eigenvalue weighted by molar-refractivity contribution is 7.80. The Kier molecular flexibility index (Phi) is 4.42. The number of aldehydes is 1. The number of carbonyl (C=O) groups excluding carboxylic acids is 2. The lowest BCUT2D eigenvalue weighted by Crippen LogP contribution is -2.19. The molecule has 1 unspecified atom stereocenters. The maximum absolute atomic E-state index is 11.5. The fraction of sp³-hybridized carbons (Fsp3) is 0.182. The Labute approximate surface area is 104 Å². The molecule has 17 heavy (non-hydrogen) atoms. The first kappa shape index (κ1) is 13.4. The summed E-state index contributed by atoms with van der Waals surface area (Å²) in [5, 5.41) is 9.15. The van der Waals surface area contributed by atoms with Crippen molar-refractivity contribution in [2.75, 3.05) is 0 Å². The molecule has 0 saturated carbocycles. The SMILES string of the molecule is C=C(C(=O)Oc1ccnc(C=O)c1S)C(C)O. The summed E-state index contributed by atoms with van der Waals surface area (Å²) in [6, 6.07) is 1.39. The van der Waals surface area contributed by atoms with Crippen molar-refractivity contribution in [3.05, 3.63) is 30.1 Å². The lowest BCUT2D eigenvalue weighted by atomic mass is 10.2. The second-order valence-corrected chi connectivity index (χ2v) is 3.70. The molecule has 0 radical (unpaired) electrons. The lowest BCUT2D eigenvalue weighted by molar-refractivity contribution is -0.131. The minimum absolute atomic E-state index is 0.0706. The van der Waals surface area contributed by atoms with E-state index in [1.807, 2.05) is 0 Å². The van der Waals surface area contributed by atoms with Crippen LogP contribution < -0.4 is 4.74 Å². The molecule has 1 atom stereocenters. The van der Waals surface area contributed by atoms with E-state index in [4.69, 9.17) is 9.84 Å². The van der Waals surface area contributed by atoms with Crippen LogP contribution in [0.15, 0.2) is 29.3 Å². The van der Waals surface area contributed by atoms with Crippen molar-refractivity contribution >= 4 is 24.9 Å². The number of nitrogens with zero attached hydrogens (tertiary/aromatic N) is 1. The third-order valence-corrected chi connectivity index (χ3v) is 2.45. The molecule has 0 saturated heterocycles. The summed E-state index contributed by atoms with van der Waals surface area (Å²) >= 11 is 4.02. The van der Waals surface area contributed by atoms with E-state index in [1.165, 1.54) is 19.2 Å². The molecule has 90 valence electrons. The maximum Gasteiger partial charge on any atom is 0.341 e. The molecule has 1 heterocycles. The third kappa shape index (κ3) is 3.15. The molecule has 1 aromatic rings. The molecule has 0 aliphatic carbocycles. The van der Waals surface area contributed by atoms with Crippen molar-refractivity contribution in [1.29, 1.82) is 0 Å². The number of pyridine rings is 1. The highest BCUT2D eigenvalue weighted by Crippen LogP contribution is 2.24. The van der Waals surface area contributed by atoms with Crippen LogP contribution in [0.5, 0.6) is 5.75 Å². The van der Waals surface area contributed by atoms with E-state index in [-0.39, 0.29) is 21.9 Å². The molecule has 6 heteroatoms. The van der Waals surface area contributed by atoms with Gasteiger partial charge in [0.2, 0.25) is 0 Å². The highest BCUT2D eigenvalue weighted by Gasteiger charge is 2.16. The third-order valence-electron chi connectivity index (χ3n) is 2.00. The van der Waals surface area contributed by atoms with Crippen LogP contribution in [0, 0.1) is 0 Å². The van der Waals surface area contributed by atoms with Crippen LogP contribution in [0.25, 0.3) is 0 Å². The number of esters is 1. The van der Waals surface area contributed by atoms with Crippen molar-refractivity contribution in [2.45, 2.75) is 17.9 Å². The quantitative estimate of drug-likeness (QED) is 0.363. The molecule has 0 spiro atoms. The minimum Gasteiger partial charge on any atom is -0.422 e. The first-order chi connectivity index (χ1) is 7.97. The summed E-state index contributed by atoms with van der Waals surface area (Å²) in [5.74, 6) is -0.685. The molecule has 1 rings (SSSR count). The Morgan fingerprint density at radius 3 is 2.88 bits per heavy atom. The van der Waals surface area contributed by atoms with Crippen molar-refractivity contribution in [3.63, 3.8) is 0 Å². The molecule has 5 nitrogen and oxygen atoms in total. The number of hydrogen-bond donors (Lipinski definition) is 2. The van der Waals surface area contributed by atoms with Gasteiger partial charge in [-0.05, 0) is 6.92 Å². The van der Waals surface area contributed by atoms with Crippen LogP contribution in [0.4, 0.5) is 0 Å². The standard InChI is InChI=1S/C11H11NO4S/c1-6(7(2)14)11(15)16-9-3-4-12-8(5-13)10(9)17/h3-5,7,14,17H,1H2,2H3. The fourth-order valence-corrected chi connectivity index (χ4v) is 1.19. The van der Waals surface area contributed by atoms with Crippen LogP contribution in [0.3, 0.4) is 0 Å². The first-order valence-corrected chi connectivity index (χ1v) is 5.14. The summed E-state index contributed by atoms with van der Waals surface area (Å²) in [5.41, 5.74) is -0.0107. The topological polar surface area (TPSA) is 76.5 Å². The van der Waals surface area contributed by atoms with Crippen molar-refractivity contribution in [3.8, 4) is 5.75 Å². The normalized spacial score (nSPS) is 11.7. The van der Waals surface area contributed by atoms with Gasteiger partial charge in [0.15, 0.2) is 6.29 Å². The summed E-state index contributed by atoms with van der Waals surface area (Å²) in [6.07, 6.45) is 0.818.